The van der Waals surface area contributed by atoms with Crippen LogP contribution in [0.3, 0.4) is 0 Å². The molecule has 1 rings (SSSR count). The largest absolute Gasteiger partial charge is 0.391 e. The van der Waals surface area contributed by atoms with E-state index in [0.29, 0.717) is 6.54 Å². The summed E-state index contributed by atoms with van der Waals surface area (Å²) in [6.07, 6.45) is 0.308. The highest BCUT2D eigenvalue weighted by Gasteiger charge is 2.24. The van der Waals surface area contributed by atoms with Gasteiger partial charge in [0.2, 0.25) is 0 Å². The maximum atomic E-state index is 9.26. The summed E-state index contributed by atoms with van der Waals surface area (Å²) >= 11 is 0. The minimum Gasteiger partial charge on any atom is -0.391 e. The second kappa shape index (κ2) is 2.98. The Morgan fingerprint density at radius 3 is 2.80 bits per heavy atom. The summed E-state index contributed by atoms with van der Waals surface area (Å²) in [5.41, 5.74) is 5.25. The van der Waals surface area contributed by atoms with Gasteiger partial charge in [0.15, 0.2) is 0 Å². The lowest BCUT2D eigenvalue weighted by Crippen LogP contribution is -2.45. The van der Waals surface area contributed by atoms with E-state index in [1.807, 2.05) is 0 Å². The van der Waals surface area contributed by atoms with Gasteiger partial charge in [-0.15, -0.1) is 0 Å². The van der Waals surface area contributed by atoms with Gasteiger partial charge in [-0.25, -0.2) is 0 Å². The molecule has 0 aliphatic carbocycles. The molecule has 1 aliphatic heterocycles. The van der Waals surface area contributed by atoms with E-state index in [0.717, 1.165) is 13.0 Å². The molecule has 1 fully saturated rings. The van der Waals surface area contributed by atoms with Gasteiger partial charge in [0, 0.05) is 12.5 Å². The highest BCUT2D eigenvalue weighted by molar-refractivity contribution is 5.80. The summed E-state index contributed by atoms with van der Waals surface area (Å²) in [6, 6.07) is 0. The van der Waals surface area contributed by atoms with Crippen molar-refractivity contribution in [3.05, 3.63) is 0 Å². The standard InChI is InChI=1S/C6H13N3O/c7-6(8)4-1-2-9-3-5(4)10/h4-5,9-10H,1-3H2,(H3,7,8). The van der Waals surface area contributed by atoms with E-state index in [1.165, 1.54) is 0 Å². The first-order chi connectivity index (χ1) is 4.72. The molecule has 0 aromatic carbocycles. The first-order valence-corrected chi connectivity index (χ1v) is 3.44. The molecule has 58 valence electrons. The molecule has 1 heterocycles. The fraction of sp³-hybridized carbons (Fsp3) is 0.833. The van der Waals surface area contributed by atoms with Gasteiger partial charge in [0.1, 0.15) is 0 Å². The fourth-order valence-electron chi connectivity index (χ4n) is 1.20. The van der Waals surface area contributed by atoms with Crippen LogP contribution in [0.2, 0.25) is 0 Å². The van der Waals surface area contributed by atoms with E-state index in [4.69, 9.17) is 11.1 Å². The molecular weight excluding hydrogens is 130 g/mol. The Kier molecular flexibility index (Phi) is 2.24. The lowest BCUT2D eigenvalue weighted by atomic mass is 9.94. The molecule has 0 amide bonds. The second-order valence-electron chi connectivity index (χ2n) is 2.62. The van der Waals surface area contributed by atoms with Crippen LogP contribution in [-0.2, 0) is 0 Å². The normalized spacial score (nSPS) is 33.7. The Morgan fingerprint density at radius 1 is 1.70 bits per heavy atom. The molecule has 0 spiro atoms. The minimum absolute atomic E-state index is 0.106. The first kappa shape index (κ1) is 7.50. The monoisotopic (exact) mass is 143 g/mol. The number of hydrogen-bond acceptors (Lipinski definition) is 3. The Hall–Kier alpha value is -0.610. The zero-order chi connectivity index (χ0) is 7.56. The maximum Gasteiger partial charge on any atom is 0.0964 e. The van der Waals surface area contributed by atoms with Gasteiger partial charge < -0.3 is 16.2 Å². The van der Waals surface area contributed by atoms with Gasteiger partial charge >= 0.3 is 0 Å². The van der Waals surface area contributed by atoms with Crippen molar-refractivity contribution in [1.82, 2.24) is 5.32 Å². The van der Waals surface area contributed by atoms with Crippen LogP contribution in [0.4, 0.5) is 0 Å². The van der Waals surface area contributed by atoms with Crippen molar-refractivity contribution < 1.29 is 5.11 Å². The predicted molar refractivity (Wildman–Crippen MR) is 38.9 cm³/mol. The van der Waals surface area contributed by atoms with Crippen molar-refractivity contribution in [3.8, 4) is 0 Å². The summed E-state index contributed by atoms with van der Waals surface area (Å²) in [7, 11) is 0. The summed E-state index contributed by atoms with van der Waals surface area (Å²) in [5.74, 6) is -0.0183. The number of nitrogens with two attached hydrogens (primary N) is 1. The zero-order valence-corrected chi connectivity index (χ0v) is 5.80. The van der Waals surface area contributed by atoms with Crippen LogP contribution in [0.5, 0.6) is 0 Å². The molecular formula is C6H13N3O. The number of amidine groups is 1. The molecule has 10 heavy (non-hydrogen) atoms. The van der Waals surface area contributed by atoms with E-state index in [2.05, 4.69) is 5.32 Å². The van der Waals surface area contributed by atoms with Crippen LogP contribution in [-0.4, -0.2) is 30.1 Å². The molecule has 4 nitrogen and oxygen atoms in total. The number of rotatable bonds is 1. The van der Waals surface area contributed by atoms with E-state index in [-0.39, 0.29) is 11.8 Å². The van der Waals surface area contributed by atoms with Gasteiger partial charge in [-0.1, -0.05) is 0 Å². The van der Waals surface area contributed by atoms with E-state index >= 15 is 0 Å². The van der Waals surface area contributed by atoms with Crippen molar-refractivity contribution in [2.75, 3.05) is 13.1 Å². The van der Waals surface area contributed by atoms with Gasteiger partial charge in [-0.05, 0) is 13.0 Å². The number of nitrogens with one attached hydrogen (secondary N) is 2. The number of β-amino-alcohol motifs (C(OH)–C–C–N with tert-alkyl or cyclic N) is 1. The topological polar surface area (TPSA) is 82.1 Å². The van der Waals surface area contributed by atoms with Crippen molar-refractivity contribution >= 4 is 5.84 Å². The summed E-state index contributed by atoms with van der Waals surface area (Å²) < 4.78 is 0. The van der Waals surface area contributed by atoms with Gasteiger partial charge in [0.25, 0.3) is 0 Å². The second-order valence-corrected chi connectivity index (χ2v) is 2.62. The van der Waals surface area contributed by atoms with Crippen LogP contribution in [0.1, 0.15) is 6.42 Å². The molecule has 1 aliphatic rings. The van der Waals surface area contributed by atoms with E-state index in [9.17, 15) is 5.11 Å². The van der Waals surface area contributed by atoms with Crippen LogP contribution >= 0.6 is 0 Å². The number of piperidine rings is 1. The molecule has 0 radical (unpaired) electrons. The molecule has 0 saturated carbocycles. The molecule has 5 N–H and O–H groups in total. The Balaban J connectivity index is 2.47. The average Bonchev–Trinajstić information content (AvgIpc) is 1.88. The summed E-state index contributed by atoms with van der Waals surface area (Å²) in [5, 5.41) is 19.4. The first-order valence-electron chi connectivity index (χ1n) is 3.44. The highest BCUT2D eigenvalue weighted by atomic mass is 16.3. The van der Waals surface area contributed by atoms with E-state index in [1.54, 1.807) is 0 Å². The van der Waals surface area contributed by atoms with Crippen LogP contribution in [0.15, 0.2) is 0 Å². The zero-order valence-electron chi connectivity index (χ0n) is 5.80. The molecule has 2 unspecified atom stereocenters. The minimum atomic E-state index is -0.466. The van der Waals surface area contributed by atoms with Crippen LogP contribution in [0.25, 0.3) is 0 Å². The molecule has 0 bridgehead atoms. The number of hydrogen-bond donors (Lipinski definition) is 4. The SMILES string of the molecule is N=C(N)C1CCNCC1O. The van der Waals surface area contributed by atoms with Gasteiger partial charge in [-0.2, -0.15) is 0 Å². The van der Waals surface area contributed by atoms with Gasteiger partial charge in [0.05, 0.1) is 11.9 Å². The van der Waals surface area contributed by atoms with Crippen LogP contribution < -0.4 is 11.1 Å². The Morgan fingerprint density at radius 2 is 2.40 bits per heavy atom. The molecule has 0 aromatic heterocycles. The molecule has 4 heteroatoms. The Labute approximate surface area is 59.9 Å². The Bertz CT molecular complexity index is 137. The van der Waals surface area contributed by atoms with Gasteiger partial charge in [-0.3, -0.25) is 5.41 Å². The van der Waals surface area contributed by atoms with Crippen LogP contribution in [0, 0.1) is 11.3 Å². The van der Waals surface area contributed by atoms with Crippen molar-refractivity contribution in [1.29, 1.82) is 5.41 Å². The van der Waals surface area contributed by atoms with Crippen molar-refractivity contribution in [2.24, 2.45) is 11.7 Å². The van der Waals surface area contributed by atoms with E-state index < -0.39 is 6.10 Å². The third-order valence-corrected chi connectivity index (χ3v) is 1.85. The van der Waals surface area contributed by atoms with Crippen molar-refractivity contribution in [2.45, 2.75) is 12.5 Å². The molecule has 2 atom stereocenters. The number of aliphatic hydroxyl groups is 1. The lowest BCUT2D eigenvalue weighted by Gasteiger charge is -2.26. The quantitative estimate of drug-likeness (QED) is 0.277. The number of aliphatic hydroxyl groups excluding tert-OH is 1. The predicted octanol–water partition coefficient (Wildman–Crippen LogP) is -1.11. The smallest absolute Gasteiger partial charge is 0.0964 e. The third-order valence-electron chi connectivity index (χ3n) is 1.85. The van der Waals surface area contributed by atoms with Crippen molar-refractivity contribution in [3.63, 3.8) is 0 Å². The highest BCUT2D eigenvalue weighted by Crippen LogP contribution is 2.10. The summed E-state index contributed by atoms with van der Waals surface area (Å²) in [6.45, 7) is 1.41. The molecule has 1 saturated heterocycles. The maximum absolute atomic E-state index is 9.26. The third kappa shape index (κ3) is 1.46. The molecule has 0 aromatic rings. The fourth-order valence-corrected chi connectivity index (χ4v) is 1.20. The average molecular weight is 143 g/mol. The summed E-state index contributed by atoms with van der Waals surface area (Å²) in [4.78, 5) is 0. The lowest BCUT2D eigenvalue weighted by molar-refractivity contribution is 0.113.